The molecule has 5 aromatic rings. The average molecular weight is 773 g/mol. The number of fused-ring (bicyclic) bond motifs is 2. The van der Waals surface area contributed by atoms with E-state index in [0.717, 1.165) is 18.2 Å². The van der Waals surface area contributed by atoms with Crippen LogP contribution in [0.1, 0.15) is 43.2 Å². The van der Waals surface area contributed by atoms with Gasteiger partial charge < -0.3 is 16.4 Å². The van der Waals surface area contributed by atoms with Gasteiger partial charge in [-0.25, -0.2) is 4.98 Å². The van der Waals surface area contributed by atoms with Crippen molar-refractivity contribution in [3.8, 4) is 0 Å². The maximum atomic E-state index is 13.6. The molecule has 0 amide bonds. The first-order chi connectivity index (χ1) is 23.8. The summed E-state index contributed by atoms with van der Waals surface area (Å²) in [7, 11) is -14.6. The van der Waals surface area contributed by atoms with Crippen LogP contribution in [0.3, 0.4) is 0 Å². The Hall–Kier alpha value is -5.35. The molecule has 0 spiro atoms. The summed E-state index contributed by atoms with van der Waals surface area (Å²) < 4.78 is 102. The molecule has 0 fully saturated rings. The van der Waals surface area contributed by atoms with Crippen molar-refractivity contribution in [2.45, 2.75) is 21.1 Å². The van der Waals surface area contributed by atoms with Gasteiger partial charge in [0, 0.05) is 23.2 Å². The summed E-state index contributed by atoms with van der Waals surface area (Å²) in [6, 6.07) is 15.0. The highest BCUT2D eigenvalue weighted by Gasteiger charge is 2.37. The van der Waals surface area contributed by atoms with Crippen molar-refractivity contribution in [3.05, 3.63) is 112 Å². The second-order valence-electron chi connectivity index (χ2n) is 10.8. The summed E-state index contributed by atoms with van der Waals surface area (Å²) in [5.41, 5.74) is 3.92. The van der Waals surface area contributed by atoms with Gasteiger partial charge in [0.1, 0.15) is 15.6 Å². The zero-order valence-electron chi connectivity index (χ0n) is 25.3. The molecule has 1 aliphatic carbocycles. The van der Waals surface area contributed by atoms with Gasteiger partial charge >= 0.3 is 0 Å². The lowest BCUT2D eigenvalue weighted by Gasteiger charge is -2.24. The Morgan fingerprint density at radius 1 is 0.667 bits per heavy atom. The third-order valence-corrected chi connectivity index (χ3v) is 10.3. The number of nitrogens with one attached hydrogen (secondary N) is 2. The average Bonchev–Trinajstić information content (AvgIpc) is 3.03. The molecule has 51 heavy (non-hydrogen) atoms. The van der Waals surface area contributed by atoms with Gasteiger partial charge in [0.2, 0.25) is 11.2 Å². The minimum Gasteiger partial charge on any atom is -0.397 e. The second-order valence-corrected chi connectivity index (χ2v) is 15.4. The number of carbonyl (C=O) groups excluding carboxylic acids is 2. The number of rotatable bonds is 9. The van der Waals surface area contributed by atoms with E-state index >= 15 is 0 Å². The van der Waals surface area contributed by atoms with Crippen LogP contribution < -0.4 is 16.4 Å². The summed E-state index contributed by atoms with van der Waals surface area (Å²) in [5.74, 6) is -1.66. The molecule has 21 heteroatoms. The molecule has 262 valence electrons. The van der Waals surface area contributed by atoms with E-state index in [1.807, 2.05) is 0 Å². The summed E-state index contributed by atoms with van der Waals surface area (Å²) >= 11 is 6.07. The Labute approximate surface area is 293 Å². The SMILES string of the molecule is Nc1c(S(=O)(=O)O)cc(Nc2ccc(Nc3nc(Cl)nc(Cc4ccc(S(=O)(=O)O)cc4)n3)cc2S(=O)(=O)O)c2c1C(=O)c1ccccc1C2=O. The maximum Gasteiger partial charge on any atom is 0.296 e. The molecule has 0 aliphatic heterocycles. The van der Waals surface area contributed by atoms with E-state index in [1.54, 1.807) is 0 Å². The van der Waals surface area contributed by atoms with Gasteiger partial charge in [0.05, 0.1) is 33.1 Å². The van der Waals surface area contributed by atoms with E-state index in [1.165, 1.54) is 54.6 Å². The Balaban J connectivity index is 1.38. The normalized spacial score (nSPS) is 13.0. The van der Waals surface area contributed by atoms with E-state index in [-0.39, 0.29) is 45.2 Å². The number of aromatic nitrogens is 3. The number of hydrogen-bond donors (Lipinski definition) is 6. The number of carbonyl (C=O) groups is 2. The molecule has 0 saturated heterocycles. The van der Waals surface area contributed by atoms with Crippen LogP contribution in [-0.2, 0) is 36.8 Å². The van der Waals surface area contributed by atoms with Gasteiger partial charge in [-0.05, 0) is 53.6 Å². The molecular formula is C30H21ClN6O11S3. The van der Waals surface area contributed by atoms with Crippen LogP contribution in [0.5, 0.6) is 0 Å². The molecule has 0 radical (unpaired) electrons. The van der Waals surface area contributed by atoms with Gasteiger partial charge in [-0.1, -0.05) is 36.4 Å². The Kier molecular flexibility index (Phi) is 8.88. The minimum absolute atomic E-state index is 0.0166. The van der Waals surface area contributed by atoms with Crippen LogP contribution in [0.2, 0.25) is 5.28 Å². The molecule has 0 bridgehead atoms. The van der Waals surface area contributed by atoms with E-state index in [2.05, 4.69) is 25.6 Å². The van der Waals surface area contributed by atoms with Gasteiger partial charge in [-0.3, -0.25) is 23.2 Å². The predicted octanol–water partition coefficient (Wildman–Crippen LogP) is 3.70. The predicted molar refractivity (Wildman–Crippen MR) is 181 cm³/mol. The van der Waals surface area contributed by atoms with Crippen molar-refractivity contribution in [3.63, 3.8) is 0 Å². The molecular weight excluding hydrogens is 752 g/mol. The van der Waals surface area contributed by atoms with Crippen LogP contribution in [0.25, 0.3) is 0 Å². The van der Waals surface area contributed by atoms with Crippen molar-refractivity contribution in [2.24, 2.45) is 0 Å². The minimum atomic E-state index is -5.09. The van der Waals surface area contributed by atoms with Crippen LogP contribution in [0.15, 0.2) is 87.5 Å². The van der Waals surface area contributed by atoms with Gasteiger partial charge in [-0.15, -0.1) is 0 Å². The fourth-order valence-corrected chi connectivity index (χ4v) is 7.26. The highest BCUT2D eigenvalue weighted by atomic mass is 35.5. The standard InChI is InChI=1S/C30H21ClN6O11S3/c31-29-35-23(11-14-5-8-16(9-6-14)49(40,41)42)36-30(37-29)33-15-7-10-19(21(12-15)50(43,44)45)34-20-13-22(51(46,47)48)26(32)25-24(20)27(38)17-3-1-2-4-18(17)28(25)39/h1-10,12-13,34H,11,32H2,(H,40,41,42)(H,43,44,45)(H,46,47,48)(H,33,35,36,37). The number of benzene rings is 4. The number of ketones is 2. The summed E-state index contributed by atoms with van der Waals surface area (Å²) in [5, 5.41) is 5.05. The van der Waals surface area contributed by atoms with Crippen molar-refractivity contribution >= 4 is 82.2 Å². The lowest BCUT2D eigenvalue weighted by atomic mass is 9.82. The number of halogens is 1. The van der Waals surface area contributed by atoms with Crippen LogP contribution in [-0.4, -0.2) is 65.4 Å². The quantitative estimate of drug-likeness (QED) is 0.0902. The Morgan fingerprint density at radius 3 is 1.86 bits per heavy atom. The van der Waals surface area contributed by atoms with Crippen LogP contribution in [0, 0.1) is 0 Å². The molecule has 7 N–H and O–H groups in total. The van der Waals surface area contributed by atoms with Gasteiger partial charge in [0.15, 0.2) is 11.6 Å². The lowest BCUT2D eigenvalue weighted by molar-refractivity contribution is 0.0980. The van der Waals surface area contributed by atoms with Crippen LogP contribution in [0.4, 0.5) is 28.7 Å². The fourth-order valence-electron chi connectivity index (χ4n) is 5.28. The summed E-state index contributed by atoms with van der Waals surface area (Å²) in [6.45, 7) is 0. The molecule has 0 unspecified atom stereocenters. The number of nitrogens with two attached hydrogens (primary N) is 1. The molecule has 1 aromatic heterocycles. The lowest BCUT2D eigenvalue weighted by Crippen LogP contribution is -2.25. The van der Waals surface area contributed by atoms with Crippen LogP contribution >= 0.6 is 11.6 Å². The Morgan fingerprint density at radius 2 is 1.27 bits per heavy atom. The Bertz CT molecular complexity index is 2660. The van der Waals surface area contributed by atoms with Crippen molar-refractivity contribution in [1.82, 2.24) is 15.0 Å². The summed E-state index contributed by atoms with van der Waals surface area (Å²) in [4.78, 5) is 37.3. The molecule has 4 aromatic carbocycles. The van der Waals surface area contributed by atoms with E-state index in [9.17, 15) is 48.5 Å². The van der Waals surface area contributed by atoms with Gasteiger partial charge in [-0.2, -0.15) is 35.2 Å². The highest BCUT2D eigenvalue weighted by molar-refractivity contribution is 7.86. The fraction of sp³-hybridized carbons (Fsp3) is 0.0333. The summed E-state index contributed by atoms with van der Waals surface area (Å²) in [6.07, 6.45) is 0.0327. The monoisotopic (exact) mass is 772 g/mol. The third-order valence-electron chi connectivity index (χ3n) is 7.50. The third kappa shape index (κ3) is 7.14. The van der Waals surface area contributed by atoms with Crippen molar-refractivity contribution in [2.75, 3.05) is 16.4 Å². The topological polar surface area (TPSA) is 286 Å². The smallest absolute Gasteiger partial charge is 0.296 e. The van der Waals surface area contributed by atoms with E-state index in [0.29, 0.717) is 5.56 Å². The van der Waals surface area contributed by atoms with Crippen molar-refractivity contribution in [1.29, 1.82) is 0 Å². The zero-order valence-corrected chi connectivity index (χ0v) is 28.5. The molecule has 1 aliphatic rings. The van der Waals surface area contributed by atoms with Crippen molar-refractivity contribution < 1.29 is 48.5 Å². The van der Waals surface area contributed by atoms with E-state index < -0.39 is 79.9 Å². The number of nitrogen functional groups attached to an aromatic ring is 1. The molecule has 6 rings (SSSR count). The zero-order chi connectivity index (χ0) is 37.0. The number of nitrogens with zero attached hydrogens (tertiary/aromatic N) is 3. The number of hydrogen-bond acceptors (Lipinski definition) is 14. The molecule has 17 nitrogen and oxygen atoms in total. The highest BCUT2D eigenvalue weighted by Crippen LogP contribution is 2.41. The largest absolute Gasteiger partial charge is 0.397 e. The first-order valence-electron chi connectivity index (χ1n) is 14.1. The molecule has 0 saturated carbocycles. The first-order valence-corrected chi connectivity index (χ1v) is 18.8. The molecule has 1 heterocycles. The second kappa shape index (κ2) is 12.8. The molecule has 0 atom stereocenters. The van der Waals surface area contributed by atoms with E-state index in [4.69, 9.17) is 17.3 Å². The van der Waals surface area contributed by atoms with Gasteiger partial charge in [0.25, 0.3) is 30.4 Å². The first kappa shape index (κ1) is 35.5. The number of anilines is 5. The maximum absolute atomic E-state index is 13.6.